The van der Waals surface area contributed by atoms with Crippen molar-refractivity contribution in [1.29, 1.82) is 0 Å². The summed E-state index contributed by atoms with van der Waals surface area (Å²) in [6.45, 7) is 1.71. The third-order valence-electron chi connectivity index (χ3n) is 5.79. The van der Waals surface area contributed by atoms with Crippen LogP contribution in [-0.4, -0.2) is 45.6 Å². The Balaban J connectivity index is 2.06. The van der Waals surface area contributed by atoms with Gasteiger partial charge in [-0.3, -0.25) is 9.59 Å². The van der Waals surface area contributed by atoms with Crippen LogP contribution >= 0.6 is 0 Å². The van der Waals surface area contributed by atoms with Gasteiger partial charge >= 0.3 is 6.09 Å². The first kappa shape index (κ1) is 17.4. The van der Waals surface area contributed by atoms with Crippen molar-refractivity contribution >= 4 is 17.9 Å². The maximum Gasteiger partial charge on any atom is 0.423 e. The molecule has 0 N–H and O–H groups in total. The second-order valence-electron chi connectivity index (χ2n) is 7.12. The Morgan fingerprint density at radius 1 is 0.917 bits per heavy atom. The van der Waals surface area contributed by atoms with Crippen LogP contribution in [0, 0.1) is 0 Å². The minimum absolute atomic E-state index is 0.0803. The highest BCUT2D eigenvalue weighted by Crippen LogP contribution is 2.47. The highest BCUT2D eigenvalue weighted by molar-refractivity contribution is 6.16. The summed E-state index contributed by atoms with van der Waals surface area (Å²) in [6.07, 6.45) is 5.62. The zero-order valence-electron chi connectivity index (χ0n) is 14.2. The molecule has 0 unspecified atom stereocenters. The molecule has 3 rings (SSSR count). The normalized spacial score (nSPS) is 26.8. The molecule has 133 valence electrons. The molecule has 1 aliphatic heterocycles. The monoisotopic (exact) mass is 337 g/mol. The van der Waals surface area contributed by atoms with Crippen LogP contribution in [0.2, 0.25) is 0 Å². The number of carbonyl (C=O) groups is 3. The summed E-state index contributed by atoms with van der Waals surface area (Å²) in [5.41, 5.74) is -2.56. The third kappa shape index (κ3) is 2.37. The Hall–Kier alpha value is -1.47. The van der Waals surface area contributed by atoms with Crippen LogP contribution in [0.1, 0.15) is 71.1 Å². The molecule has 3 fully saturated rings. The molecule has 0 aromatic rings. The van der Waals surface area contributed by atoms with E-state index in [4.69, 9.17) is 4.74 Å². The molecule has 3 aliphatic rings. The molecule has 2 saturated carbocycles. The molecular weight excluding hydrogens is 312 g/mol. The van der Waals surface area contributed by atoms with E-state index in [1.165, 1.54) is 0 Å². The lowest BCUT2D eigenvalue weighted by molar-refractivity contribution is -0.298. The second kappa shape index (κ2) is 6.44. The van der Waals surface area contributed by atoms with E-state index < -0.39 is 29.0 Å². The number of ether oxygens (including phenoxy) is 1. The van der Waals surface area contributed by atoms with Crippen molar-refractivity contribution in [3.05, 3.63) is 0 Å². The van der Waals surface area contributed by atoms with E-state index in [0.29, 0.717) is 30.6 Å². The maximum absolute atomic E-state index is 13.3. The zero-order chi connectivity index (χ0) is 17.4. The summed E-state index contributed by atoms with van der Waals surface area (Å²) in [6, 6.07) is 0. The number of hydroxylamine groups is 2. The maximum atomic E-state index is 13.3. The summed E-state index contributed by atoms with van der Waals surface area (Å²) >= 11 is 0. The minimum atomic E-state index is -1.28. The van der Waals surface area contributed by atoms with Gasteiger partial charge in [-0.1, -0.05) is 38.5 Å². The molecule has 7 nitrogen and oxygen atoms in total. The van der Waals surface area contributed by atoms with Crippen molar-refractivity contribution < 1.29 is 24.3 Å². The fraction of sp³-hybridized carbons (Fsp3) is 0.824. The summed E-state index contributed by atoms with van der Waals surface area (Å²) in [5, 5.41) is 14.1. The summed E-state index contributed by atoms with van der Waals surface area (Å²) in [7, 11) is 0. The van der Waals surface area contributed by atoms with Gasteiger partial charge in [0.25, 0.3) is 11.8 Å². The quantitative estimate of drug-likeness (QED) is 0.686. The number of rotatable bonds is 1. The standard InChI is InChI=1S/C17H25N2O5/c1-2-24-15(22)18-13(20)16(9-5-3-6-10-16)19(23)17(14(18)21)11-7-4-8-12-17/h2-12H2,1H3. The van der Waals surface area contributed by atoms with Crippen LogP contribution < -0.4 is 0 Å². The van der Waals surface area contributed by atoms with E-state index in [1.54, 1.807) is 6.92 Å². The molecule has 24 heavy (non-hydrogen) atoms. The first-order valence-corrected chi connectivity index (χ1v) is 9.03. The minimum Gasteiger partial charge on any atom is -0.449 e. The van der Waals surface area contributed by atoms with Crippen LogP contribution in [-0.2, 0) is 19.5 Å². The Morgan fingerprint density at radius 3 is 1.71 bits per heavy atom. The van der Waals surface area contributed by atoms with Gasteiger partial charge in [-0.15, -0.1) is 10.3 Å². The van der Waals surface area contributed by atoms with Crippen LogP contribution in [0.15, 0.2) is 0 Å². The van der Waals surface area contributed by atoms with E-state index in [1.807, 2.05) is 0 Å². The second-order valence-corrected chi connectivity index (χ2v) is 7.12. The zero-order valence-corrected chi connectivity index (χ0v) is 14.2. The predicted octanol–water partition coefficient (Wildman–Crippen LogP) is 2.57. The Labute approximate surface area is 141 Å². The molecule has 0 atom stereocenters. The van der Waals surface area contributed by atoms with Gasteiger partial charge in [-0.25, -0.2) is 4.79 Å². The lowest BCUT2D eigenvalue weighted by Gasteiger charge is -2.55. The number of hydrogen-bond acceptors (Lipinski definition) is 5. The number of nitrogens with zero attached hydrogens (tertiary/aromatic N) is 2. The van der Waals surface area contributed by atoms with Crippen molar-refractivity contribution in [3.8, 4) is 0 Å². The molecule has 1 radical (unpaired) electrons. The Kier molecular flexibility index (Phi) is 4.66. The SMILES string of the molecule is CCOC(=O)N1C(=O)C2(CCCCC2)N([O])C2(CCCCC2)C1=O. The van der Waals surface area contributed by atoms with Gasteiger partial charge in [-0.2, -0.15) is 4.90 Å². The fourth-order valence-electron chi connectivity index (χ4n) is 4.55. The number of amides is 3. The largest absolute Gasteiger partial charge is 0.449 e. The number of hydrogen-bond donors (Lipinski definition) is 0. The average molecular weight is 337 g/mol. The first-order valence-electron chi connectivity index (χ1n) is 9.03. The number of piperazine rings is 1. The molecular formula is C17H25N2O5. The van der Waals surface area contributed by atoms with Gasteiger partial charge in [0.15, 0.2) is 0 Å². The molecule has 0 aromatic heterocycles. The smallest absolute Gasteiger partial charge is 0.423 e. The topological polar surface area (TPSA) is 86.8 Å². The van der Waals surface area contributed by atoms with E-state index in [0.717, 1.165) is 43.6 Å². The van der Waals surface area contributed by atoms with E-state index >= 15 is 0 Å². The molecule has 2 spiro atoms. The van der Waals surface area contributed by atoms with Gasteiger partial charge in [-0.05, 0) is 32.6 Å². The lowest BCUT2D eigenvalue weighted by atomic mass is 9.70. The summed E-state index contributed by atoms with van der Waals surface area (Å²) < 4.78 is 4.95. The Bertz CT molecular complexity index is 497. The van der Waals surface area contributed by atoms with Crippen molar-refractivity contribution in [2.75, 3.05) is 6.61 Å². The highest BCUT2D eigenvalue weighted by atomic mass is 16.6. The first-order chi connectivity index (χ1) is 11.5. The van der Waals surface area contributed by atoms with Crippen molar-refractivity contribution in [2.45, 2.75) is 82.2 Å². The summed E-state index contributed by atoms with van der Waals surface area (Å²) in [5.74, 6) is -1.37. The van der Waals surface area contributed by atoms with E-state index in [2.05, 4.69) is 0 Å². The van der Waals surface area contributed by atoms with Gasteiger partial charge in [0, 0.05) is 0 Å². The van der Waals surface area contributed by atoms with Crippen LogP contribution in [0.5, 0.6) is 0 Å². The average Bonchev–Trinajstić information content (AvgIpc) is 2.61. The van der Waals surface area contributed by atoms with Crippen molar-refractivity contribution in [1.82, 2.24) is 9.96 Å². The molecule has 7 heteroatoms. The van der Waals surface area contributed by atoms with E-state index in [-0.39, 0.29) is 6.61 Å². The third-order valence-corrected chi connectivity index (χ3v) is 5.79. The van der Waals surface area contributed by atoms with Crippen LogP contribution in [0.4, 0.5) is 4.79 Å². The van der Waals surface area contributed by atoms with Crippen molar-refractivity contribution in [3.63, 3.8) is 0 Å². The highest BCUT2D eigenvalue weighted by Gasteiger charge is 2.66. The van der Waals surface area contributed by atoms with Gasteiger partial charge in [0.1, 0.15) is 11.1 Å². The van der Waals surface area contributed by atoms with Gasteiger partial charge in [0.05, 0.1) is 6.61 Å². The Morgan fingerprint density at radius 2 is 1.33 bits per heavy atom. The van der Waals surface area contributed by atoms with Crippen LogP contribution in [0.25, 0.3) is 0 Å². The number of carbonyl (C=O) groups excluding carboxylic acids is 3. The number of imide groups is 3. The van der Waals surface area contributed by atoms with Crippen molar-refractivity contribution in [2.24, 2.45) is 0 Å². The fourth-order valence-corrected chi connectivity index (χ4v) is 4.55. The lowest BCUT2D eigenvalue weighted by Crippen LogP contribution is -2.77. The molecule has 0 aromatic carbocycles. The van der Waals surface area contributed by atoms with Gasteiger partial charge < -0.3 is 4.74 Å². The summed E-state index contributed by atoms with van der Waals surface area (Å²) in [4.78, 5) is 39.0. The molecule has 2 aliphatic carbocycles. The predicted molar refractivity (Wildman–Crippen MR) is 83.0 cm³/mol. The van der Waals surface area contributed by atoms with E-state index in [9.17, 15) is 19.6 Å². The molecule has 3 amide bonds. The van der Waals surface area contributed by atoms with Crippen LogP contribution in [0.3, 0.4) is 0 Å². The molecule has 1 heterocycles. The molecule has 1 saturated heterocycles. The van der Waals surface area contributed by atoms with Gasteiger partial charge in [0.2, 0.25) is 0 Å². The molecule has 0 bridgehead atoms.